The van der Waals surface area contributed by atoms with Gasteiger partial charge in [0.2, 0.25) is 0 Å². The third kappa shape index (κ3) is 18.7. The molecule has 0 amide bonds. The molecule has 1 saturated heterocycles. The van der Waals surface area contributed by atoms with Crippen LogP contribution in [0, 0.1) is 0 Å². The molecule has 1 heteroatoms. The van der Waals surface area contributed by atoms with E-state index in [1.165, 1.54) is 161 Å². The zero-order valence-corrected chi connectivity index (χ0v) is 18.2. The van der Waals surface area contributed by atoms with Crippen molar-refractivity contribution in [2.45, 2.75) is 148 Å². The van der Waals surface area contributed by atoms with Crippen molar-refractivity contribution >= 4 is 0 Å². The predicted molar refractivity (Wildman–Crippen MR) is 119 cm³/mol. The molecular formula is C25H51N. The largest absolute Gasteiger partial charge is 0.317 e. The van der Waals surface area contributed by atoms with Crippen molar-refractivity contribution in [1.82, 2.24) is 5.32 Å². The minimum absolute atomic E-state index is 1.25. The Morgan fingerprint density at radius 1 is 0.192 bits per heavy atom. The van der Waals surface area contributed by atoms with E-state index in [4.69, 9.17) is 0 Å². The summed E-state index contributed by atoms with van der Waals surface area (Å²) in [7, 11) is 0. The summed E-state index contributed by atoms with van der Waals surface area (Å²) in [6, 6.07) is 0. The zero-order valence-electron chi connectivity index (χ0n) is 18.2. The molecule has 0 aromatic heterocycles. The molecule has 0 aliphatic carbocycles. The highest BCUT2D eigenvalue weighted by atomic mass is 14.8. The monoisotopic (exact) mass is 365 g/mol. The molecule has 0 spiro atoms. The molecule has 26 heavy (non-hydrogen) atoms. The van der Waals surface area contributed by atoms with Crippen LogP contribution in [0.25, 0.3) is 0 Å². The number of rotatable bonds is 0. The third-order valence-corrected chi connectivity index (χ3v) is 6.21. The molecule has 0 bridgehead atoms. The molecule has 0 unspecified atom stereocenters. The molecule has 0 saturated carbocycles. The molecule has 1 nitrogen and oxygen atoms in total. The Morgan fingerprint density at radius 3 is 0.538 bits per heavy atom. The standard InChI is InChI=1S/C25H51N/c1-2-4-6-8-10-12-14-16-18-20-22-24-26-25-23-21-19-17-15-13-11-9-7-5-3-1/h26H,1-25H2. The quantitative estimate of drug-likeness (QED) is 0.453. The summed E-state index contributed by atoms with van der Waals surface area (Å²) in [5.74, 6) is 0. The van der Waals surface area contributed by atoms with Gasteiger partial charge in [0, 0.05) is 0 Å². The second-order valence-corrected chi connectivity index (χ2v) is 8.88. The van der Waals surface area contributed by atoms with Gasteiger partial charge in [-0.2, -0.15) is 0 Å². The summed E-state index contributed by atoms with van der Waals surface area (Å²) in [5, 5.41) is 3.65. The topological polar surface area (TPSA) is 12.0 Å². The lowest BCUT2D eigenvalue weighted by Gasteiger charge is -2.06. The van der Waals surface area contributed by atoms with E-state index < -0.39 is 0 Å². The number of hydrogen-bond acceptors (Lipinski definition) is 1. The van der Waals surface area contributed by atoms with E-state index >= 15 is 0 Å². The van der Waals surface area contributed by atoms with Crippen LogP contribution in [0.4, 0.5) is 0 Å². The average molecular weight is 366 g/mol. The zero-order chi connectivity index (χ0) is 18.4. The highest BCUT2D eigenvalue weighted by Gasteiger charge is 1.97. The van der Waals surface area contributed by atoms with E-state index in [1.807, 2.05) is 0 Å². The van der Waals surface area contributed by atoms with Gasteiger partial charge in [0.1, 0.15) is 0 Å². The lowest BCUT2D eigenvalue weighted by Crippen LogP contribution is -2.16. The minimum Gasteiger partial charge on any atom is -0.317 e. The molecule has 0 aromatic rings. The Balaban J connectivity index is 2.00. The van der Waals surface area contributed by atoms with Gasteiger partial charge >= 0.3 is 0 Å². The van der Waals surface area contributed by atoms with E-state index in [2.05, 4.69) is 5.32 Å². The predicted octanol–water partition coefficient (Wildman–Crippen LogP) is 8.56. The molecule has 0 aromatic carbocycles. The van der Waals surface area contributed by atoms with Gasteiger partial charge in [-0.15, -0.1) is 0 Å². The fourth-order valence-electron chi connectivity index (χ4n) is 4.34. The molecule has 0 radical (unpaired) electrons. The molecule has 0 atom stereocenters. The van der Waals surface area contributed by atoms with E-state index in [0.29, 0.717) is 0 Å². The summed E-state index contributed by atoms with van der Waals surface area (Å²) in [5.41, 5.74) is 0. The molecule has 1 heterocycles. The highest BCUT2D eigenvalue weighted by molar-refractivity contribution is 4.54. The first-order chi connectivity index (χ1) is 13.0. The Bertz CT molecular complexity index is 128. The van der Waals surface area contributed by atoms with Crippen LogP contribution in [-0.4, -0.2) is 13.1 Å². The second kappa shape index (κ2) is 21.3. The number of nitrogens with one attached hydrogen (secondary N) is 1. The van der Waals surface area contributed by atoms with Crippen molar-refractivity contribution in [2.24, 2.45) is 0 Å². The fourth-order valence-corrected chi connectivity index (χ4v) is 4.34. The Morgan fingerprint density at radius 2 is 0.346 bits per heavy atom. The van der Waals surface area contributed by atoms with Gasteiger partial charge in [0.15, 0.2) is 0 Å². The smallest absolute Gasteiger partial charge is 0.00489 e. The Labute approximate surface area is 166 Å². The van der Waals surface area contributed by atoms with Crippen molar-refractivity contribution in [2.75, 3.05) is 13.1 Å². The highest BCUT2D eigenvalue weighted by Crippen LogP contribution is 2.15. The average Bonchev–Trinajstić information content (AvgIpc) is 2.65. The van der Waals surface area contributed by atoms with Gasteiger partial charge in [-0.1, -0.05) is 135 Å². The molecular weight excluding hydrogens is 314 g/mol. The van der Waals surface area contributed by atoms with Crippen molar-refractivity contribution in [3.05, 3.63) is 0 Å². The van der Waals surface area contributed by atoms with Crippen LogP contribution in [0.3, 0.4) is 0 Å². The van der Waals surface area contributed by atoms with Crippen LogP contribution >= 0.6 is 0 Å². The van der Waals surface area contributed by atoms with Gasteiger partial charge in [0.25, 0.3) is 0 Å². The molecule has 1 aliphatic rings. The first-order valence-corrected chi connectivity index (χ1v) is 12.7. The Hall–Kier alpha value is -0.0400. The van der Waals surface area contributed by atoms with E-state index in [0.717, 1.165) is 0 Å². The van der Waals surface area contributed by atoms with Gasteiger partial charge in [-0.05, 0) is 25.9 Å². The van der Waals surface area contributed by atoms with Crippen LogP contribution < -0.4 is 5.32 Å². The normalized spacial score (nSPS) is 24.0. The summed E-state index contributed by atoms with van der Waals surface area (Å²) < 4.78 is 0. The van der Waals surface area contributed by atoms with Gasteiger partial charge in [0.05, 0.1) is 0 Å². The lowest BCUT2D eigenvalue weighted by molar-refractivity contribution is 0.507. The summed E-state index contributed by atoms with van der Waals surface area (Å²) >= 11 is 0. The van der Waals surface area contributed by atoms with E-state index in [-0.39, 0.29) is 0 Å². The lowest BCUT2D eigenvalue weighted by atomic mass is 10.0. The molecule has 1 fully saturated rings. The second-order valence-electron chi connectivity index (χ2n) is 8.88. The van der Waals surface area contributed by atoms with Crippen LogP contribution in [0.1, 0.15) is 148 Å². The van der Waals surface area contributed by atoms with Gasteiger partial charge in [-0.3, -0.25) is 0 Å². The van der Waals surface area contributed by atoms with Crippen LogP contribution in [0.15, 0.2) is 0 Å². The van der Waals surface area contributed by atoms with Crippen LogP contribution in [0.5, 0.6) is 0 Å². The van der Waals surface area contributed by atoms with Crippen molar-refractivity contribution in [3.8, 4) is 0 Å². The first-order valence-electron chi connectivity index (χ1n) is 12.7. The molecule has 1 N–H and O–H groups in total. The minimum atomic E-state index is 1.25. The molecule has 1 aliphatic heterocycles. The maximum atomic E-state index is 3.65. The van der Waals surface area contributed by atoms with Crippen molar-refractivity contribution in [1.29, 1.82) is 0 Å². The van der Waals surface area contributed by atoms with Crippen LogP contribution in [0.2, 0.25) is 0 Å². The molecule has 1 rings (SSSR count). The summed E-state index contributed by atoms with van der Waals surface area (Å²) in [4.78, 5) is 0. The summed E-state index contributed by atoms with van der Waals surface area (Å²) in [6.45, 7) is 2.50. The SMILES string of the molecule is C1CCCCCCCCCCCCNCCCCCCCCCCCC1. The maximum absolute atomic E-state index is 3.65. The Kier molecular flexibility index (Phi) is 19.6. The summed E-state index contributed by atoms with van der Waals surface area (Å²) in [6.07, 6.45) is 33.9. The van der Waals surface area contributed by atoms with Crippen molar-refractivity contribution in [3.63, 3.8) is 0 Å². The van der Waals surface area contributed by atoms with Gasteiger partial charge < -0.3 is 5.32 Å². The fraction of sp³-hybridized carbons (Fsp3) is 1.00. The number of hydrogen-bond donors (Lipinski definition) is 1. The third-order valence-electron chi connectivity index (χ3n) is 6.21. The van der Waals surface area contributed by atoms with Crippen LogP contribution in [-0.2, 0) is 0 Å². The van der Waals surface area contributed by atoms with Crippen molar-refractivity contribution < 1.29 is 0 Å². The maximum Gasteiger partial charge on any atom is -0.00489 e. The van der Waals surface area contributed by atoms with E-state index in [9.17, 15) is 0 Å². The first kappa shape index (κ1) is 24.0. The van der Waals surface area contributed by atoms with E-state index in [1.54, 1.807) is 0 Å². The molecule has 156 valence electrons. The van der Waals surface area contributed by atoms with Gasteiger partial charge in [-0.25, -0.2) is 0 Å².